The number of aromatic hydroxyl groups is 1. The number of aromatic amines is 4. The van der Waals surface area contributed by atoms with E-state index < -0.39 is 33.9 Å². The number of azo groups is 1. The average molecular weight is 316 g/mol. The zero-order valence-corrected chi connectivity index (χ0v) is 11.2. The number of hydrogen-bond donors (Lipinski definition) is 5. The van der Waals surface area contributed by atoms with Gasteiger partial charge in [-0.05, 0) is 12.1 Å². The van der Waals surface area contributed by atoms with E-state index in [0.29, 0.717) is 0 Å². The van der Waals surface area contributed by atoms with Gasteiger partial charge in [0.2, 0.25) is 11.6 Å². The zero-order chi connectivity index (χ0) is 16.6. The van der Waals surface area contributed by atoms with Crippen LogP contribution in [0.25, 0.3) is 10.8 Å². The Morgan fingerprint density at radius 2 is 1.61 bits per heavy atom. The Morgan fingerprint density at radius 3 is 2.35 bits per heavy atom. The molecule has 0 amide bonds. The van der Waals surface area contributed by atoms with E-state index in [9.17, 15) is 24.3 Å². The molecule has 1 aromatic carbocycles. The van der Waals surface area contributed by atoms with Crippen LogP contribution < -0.4 is 22.4 Å². The van der Waals surface area contributed by atoms with Crippen LogP contribution in [0.1, 0.15) is 0 Å². The highest BCUT2D eigenvalue weighted by Crippen LogP contribution is 2.24. The number of benzene rings is 1. The first-order chi connectivity index (χ1) is 11.0. The van der Waals surface area contributed by atoms with Gasteiger partial charge in [-0.1, -0.05) is 6.07 Å². The van der Waals surface area contributed by atoms with Crippen LogP contribution in [0.2, 0.25) is 0 Å². The SMILES string of the molecule is O=c1[nH]c(O)c(N=Nc2cccc3c(=O)[nH][nH]c(=O)c23)c(=O)[nH]1. The van der Waals surface area contributed by atoms with E-state index in [1.165, 1.54) is 18.2 Å². The second kappa shape index (κ2) is 5.22. The lowest BCUT2D eigenvalue weighted by Gasteiger charge is -1.99. The van der Waals surface area contributed by atoms with Crippen molar-refractivity contribution in [1.82, 2.24) is 20.2 Å². The molecule has 3 rings (SSSR count). The third-order valence-corrected chi connectivity index (χ3v) is 2.96. The van der Waals surface area contributed by atoms with Gasteiger partial charge < -0.3 is 5.11 Å². The van der Waals surface area contributed by atoms with Crippen molar-refractivity contribution in [3.05, 3.63) is 59.7 Å². The Hall–Kier alpha value is -3.76. The minimum Gasteiger partial charge on any atom is -0.493 e. The first-order valence-electron chi connectivity index (χ1n) is 6.18. The predicted molar refractivity (Wildman–Crippen MR) is 78.7 cm³/mol. The Labute approximate surface area is 124 Å². The molecule has 2 aromatic heterocycles. The highest BCUT2D eigenvalue weighted by Gasteiger charge is 2.10. The van der Waals surface area contributed by atoms with Crippen LogP contribution in [0.3, 0.4) is 0 Å². The van der Waals surface area contributed by atoms with Crippen molar-refractivity contribution in [1.29, 1.82) is 0 Å². The molecule has 3 aromatic rings. The first kappa shape index (κ1) is 14.2. The summed E-state index contributed by atoms with van der Waals surface area (Å²) in [6.07, 6.45) is 0. The van der Waals surface area contributed by atoms with Gasteiger partial charge >= 0.3 is 5.69 Å². The lowest BCUT2D eigenvalue weighted by molar-refractivity contribution is 0.450. The number of rotatable bonds is 2. The van der Waals surface area contributed by atoms with Crippen molar-refractivity contribution in [2.75, 3.05) is 0 Å². The van der Waals surface area contributed by atoms with E-state index in [1.807, 2.05) is 9.97 Å². The van der Waals surface area contributed by atoms with E-state index in [1.54, 1.807) is 0 Å². The minimum absolute atomic E-state index is 0.0138. The highest BCUT2D eigenvalue weighted by molar-refractivity contribution is 5.90. The Morgan fingerprint density at radius 1 is 0.870 bits per heavy atom. The number of fused-ring (bicyclic) bond motifs is 1. The van der Waals surface area contributed by atoms with Crippen molar-refractivity contribution in [2.45, 2.75) is 0 Å². The van der Waals surface area contributed by atoms with Crippen LogP contribution in [-0.4, -0.2) is 25.3 Å². The summed E-state index contributed by atoms with van der Waals surface area (Å²) in [5.41, 5.74) is -3.51. The summed E-state index contributed by atoms with van der Waals surface area (Å²) >= 11 is 0. The van der Waals surface area contributed by atoms with Crippen molar-refractivity contribution < 1.29 is 5.11 Å². The number of aromatic nitrogens is 4. The number of nitrogens with zero attached hydrogens (tertiary/aromatic N) is 2. The molecule has 5 N–H and O–H groups in total. The Kier molecular flexibility index (Phi) is 3.22. The fraction of sp³-hybridized carbons (Fsp3) is 0. The highest BCUT2D eigenvalue weighted by atomic mass is 16.3. The molecule has 0 spiro atoms. The Balaban J connectivity index is 2.23. The van der Waals surface area contributed by atoms with Crippen molar-refractivity contribution in [3.8, 4) is 5.88 Å². The van der Waals surface area contributed by atoms with Gasteiger partial charge in [0.25, 0.3) is 16.7 Å². The largest absolute Gasteiger partial charge is 0.493 e. The molecular formula is C12H8N6O5. The Bertz CT molecular complexity index is 1170. The maximum Gasteiger partial charge on any atom is 0.328 e. The third kappa shape index (κ3) is 2.46. The number of hydrogen-bond acceptors (Lipinski definition) is 7. The topological polar surface area (TPSA) is 176 Å². The van der Waals surface area contributed by atoms with E-state index in [2.05, 4.69) is 20.4 Å². The van der Waals surface area contributed by atoms with E-state index >= 15 is 0 Å². The second-order valence-corrected chi connectivity index (χ2v) is 4.41. The summed E-state index contributed by atoms with van der Waals surface area (Å²) in [5.74, 6) is -0.769. The van der Waals surface area contributed by atoms with Gasteiger partial charge in [0.1, 0.15) is 0 Å². The second-order valence-electron chi connectivity index (χ2n) is 4.41. The van der Waals surface area contributed by atoms with Crippen LogP contribution in [0.5, 0.6) is 5.88 Å². The molecule has 0 radical (unpaired) electrons. The molecule has 116 valence electrons. The predicted octanol–water partition coefficient (Wildman–Crippen LogP) is -0.286. The van der Waals surface area contributed by atoms with Gasteiger partial charge in [0, 0.05) is 0 Å². The zero-order valence-electron chi connectivity index (χ0n) is 11.2. The summed E-state index contributed by atoms with van der Waals surface area (Å²) in [5, 5.41) is 21.1. The molecule has 0 bridgehead atoms. The van der Waals surface area contributed by atoms with Crippen LogP contribution in [0, 0.1) is 0 Å². The van der Waals surface area contributed by atoms with Crippen molar-refractivity contribution in [2.24, 2.45) is 10.2 Å². The average Bonchev–Trinajstić information content (AvgIpc) is 2.50. The van der Waals surface area contributed by atoms with E-state index in [0.717, 1.165) is 0 Å². The van der Waals surface area contributed by atoms with E-state index in [4.69, 9.17) is 0 Å². The summed E-state index contributed by atoms with van der Waals surface area (Å²) < 4.78 is 0. The molecular weight excluding hydrogens is 308 g/mol. The van der Waals surface area contributed by atoms with Crippen molar-refractivity contribution in [3.63, 3.8) is 0 Å². The first-order valence-corrected chi connectivity index (χ1v) is 6.18. The summed E-state index contributed by atoms with van der Waals surface area (Å²) in [4.78, 5) is 49.9. The molecule has 0 aliphatic carbocycles. The fourth-order valence-corrected chi connectivity index (χ4v) is 1.96. The number of H-pyrrole nitrogens is 4. The van der Waals surface area contributed by atoms with Crippen LogP contribution >= 0.6 is 0 Å². The fourth-order valence-electron chi connectivity index (χ4n) is 1.96. The van der Waals surface area contributed by atoms with Gasteiger partial charge in [-0.25, -0.2) is 4.79 Å². The molecule has 2 heterocycles. The molecule has 0 unspecified atom stereocenters. The standard InChI is InChI=1S/C12H8N6O5/c19-8-4-2-1-3-5(6(4)9(20)18-17-8)15-16-7-10(21)13-12(23)14-11(7)22/h1-3H,(H,17,19)(H,18,20)(H3,13,14,21,22,23). The van der Waals surface area contributed by atoms with Crippen molar-refractivity contribution >= 4 is 22.1 Å². The van der Waals surface area contributed by atoms with Gasteiger partial charge in [-0.15, -0.1) is 10.2 Å². The van der Waals surface area contributed by atoms with Gasteiger partial charge in [-0.3, -0.25) is 34.5 Å². The molecule has 0 saturated heterocycles. The quantitative estimate of drug-likeness (QED) is 0.407. The summed E-state index contributed by atoms with van der Waals surface area (Å²) in [6, 6.07) is 4.30. The van der Waals surface area contributed by atoms with Crippen LogP contribution in [0.4, 0.5) is 11.4 Å². The van der Waals surface area contributed by atoms with Crippen LogP contribution in [0.15, 0.2) is 47.6 Å². The molecule has 11 heteroatoms. The third-order valence-electron chi connectivity index (χ3n) is 2.96. The van der Waals surface area contributed by atoms with Gasteiger partial charge in [0.05, 0.1) is 16.5 Å². The summed E-state index contributed by atoms with van der Waals surface area (Å²) in [7, 11) is 0. The molecule has 11 nitrogen and oxygen atoms in total. The molecule has 0 aliphatic rings. The molecule has 0 atom stereocenters. The smallest absolute Gasteiger partial charge is 0.328 e. The number of nitrogens with one attached hydrogen (secondary N) is 4. The molecule has 0 saturated carbocycles. The van der Waals surface area contributed by atoms with Crippen LogP contribution in [-0.2, 0) is 0 Å². The lowest BCUT2D eigenvalue weighted by Crippen LogP contribution is -2.21. The lowest BCUT2D eigenvalue weighted by atomic mass is 10.1. The molecule has 0 aliphatic heterocycles. The monoisotopic (exact) mass is 316 g/mol. The maximum absolute atomic E-state index is 11.8. The maximum atomic E-state index is 11.8. The van der Waals surface area contributed by atoms with Gasteiger partial charge in [0.15, 0.2) is 0 Å². The molecule has 0 fully saturated rings. The normalized spacial score (nSPS) is 11.3. The summed E-state index contributed by atoms with van der Waals surface area (Å²) in [6.45, 7) is 0. The van der Waals surface area contributed by atoms with E-state index in [-0.39, 0.29) is 16.5 Å². The minimum atomic E-state index is -0.956. The molecule has 23 heavy (non-hydrogen) atoms. The van der Waals surface area contributed by atoms with Gasteiger partial charge in [-0.2, -0.15) is 0 Å².